The van der Waals surface area contributed by atoms with Crippen LogP contribution in [0.15, 0.2) is 69.1 Å². The number of carbonyl (C=O) groups is 1. The molecule has 3 rings (SSSR count). The summed E-state index contributed by atoms with van der Waals surface area (Å²) < 4.78 is 1.09. The monoisotopic (exact) mass is 440 g/mol. The number of amides is 1. The van der Waals surface area contributed by atoms with Gasteiger partial charge in [0, 0.05) is 14.9 Å². The van der Waals surface area contributed by atoms with Gasteiger partial charge in [0.25, 0.3) is 0 Å². The lowest BCUT2D eigenvalue weighted by atomic mass is 10.0. The van der Waals surface area contributed by atoms with Crippen molar-refractivity contribution in [2.24, 2.45) is 5.10 Å². The van der Waals surface area contributed by atoms with E-state index in [1.807, 2.05) is 45.0 Å². The van der Waals surface area contributed by atoms with Crippen molar-refractivity contribution in [2.45, 2.75) is 25.7 Å². The van der Waals surface area contributed by atoms with Crippen molar-refractivity contribution in [1.82, 2.24) is 5.43 Å². The first kappa shape index (κ1) is 19.6. The Kier molecular flexibility index (Phi) is 6.34. The van der Waals surface area contributed by atoms with E-state index in [1.165, 1.54) is 11.8 Å². The van der Waals surface area contributed by atoms with Gasteiger partial charge in [-0.1, -0.05) is 58.4 Å². The molecule has 1 N–H and O–H groups in total. The molecule has 0 fully saturated rings. The average molecular weight is 441 g/mol. The molecule has 27 heavy (non-hydrogen) atoms. The van der Waals surface area contributed by atoms with Gasteiger partial charge < -0.3 is 0 Å². The molecule has 0 atom stereocenters. The zero-order valence-corrected chi connectivity index (χ0v) is 17.9. The van der Waals surface area contributed by atoms with Crippen LogP contribution in [0.25, 0.3) is 10.8 Å². The fraction of sp³-hybridized carbons (Fsp3) is 0.182. The van der Waals surface area contributed by atoms with Crippen molar-refractivity contribution in [1.29, 1.82) is 0 Å². The van der Waals surface area contributed by atoms with Crippen LogP contribution in [0.2, 0.25) is 0 Å². The number of halogens is 1. The van der Waals surface area contributed by atoms with Crippen LogP contribution in [-0.4, -0.2) is 17.4 Å². The summed E-state index contributed by atoms with van der Waals surface area (Å²) in [5.74, 6) is 0.216. The zero-order valence-electron chi connectivity index (χ0n) is 15.5. The quantitative estimate of drug-likeness (QED) is 0.307. The van der Waals surface area contributed by atoms with Crippen LogP contribution in [0, 0.1) is 13.8 Å². The first-order valence-corrected chi connectivity index (χ1v) is 10.4. The lowest BCUT2D eigenvalue weighted by molar-refractivity contribution is -0.118. The Hall–Kier alpha value is -2.11. The predicted octanol–water partition coefficient (Wildman–Crippen LogP) is 5.85. The number of carbonyl (C=O) groups excluding carboxylic acids is 1. The molecule has 0 heterocycles. The van der Waals surface area contributed by atoms with Gasteiger partial charge in [0.1, 0.15) is 0 Å². The highest BCUT2D eigenvalue weighted by molar-refractivity contribution is 9.10. The zero-order chi connectivity index (χ0) is 19.4. The Balaban J connectivity index is 1.67. The minimum Gasteiger partial charge on any atom is -0.272 e. The number of hydrazone groups is 1. The standard InChI is InChI=1S/C22H21BrN2OS/c1-14-12-21(15(2)11-20(14)23)27-13-22(26)25-24-16(3)18-10-6-8-17-7-4-5-9-19(17)18/h4-12H,13H2,1-3H3,(H,25,26)/b24-16+. The summed E-state index contributed by atoms with van der Waals surface area (Å²) in [7, 11) is 0. The molecule has 0 radical (unpaired) electrons. The van der Waals surface area contributed by atoms with Crippen LogP contribution in [0.1, 0.15) is 23.6 Å². The summed E-state index contributed by atoms with van der Waals surface area (Å²) in [5.41, 5.74) is 6.81. The van der Waals surface area contributed by atoms with Crippen LogP contribution in [0.5, 0.6) is 0 Å². The van der Waals surface area contributed by atoms with Crippen molar-refractivity contribution in [3.05, 3.63) is 75.8 Å². The fourth-order valence-electron chi connectivity index (χ4n) is 2.83. The third-order valence-electron chi connectivity index (χ3n) is 4.34. The van der Waals surface area contributed by atoms with Crippen LogP contribution in [0.3, 0.4) is 0 Å². The molecule has 0 aliphatic rings. The molecule has 3 aromatic rings. The predicted molar refractivity (Wildman–Crippen MR) is 119 cm³/mol. The molecule has 3 aromatic carbocycles. The highest BCUT2D eigenvalue weighted by Gasteiger charge is 2.08. The maximum atomic E-state index is 12.2. The second kappa shape index (κ2) is 8.72. The van der Waals surface area contributed by atoms with Crippen LogP contribution in [0.4, 0.5) is 0 Å². The van der Waals surface area contributed by atoms with E-state index in [0.29, 0.717) is 5.75 Å². The van der Waals surface area contributed by atoms with Crippen molar-refractivity contribution in [2.75, 3.05) is 5.75 Å². The van der Waals surface area contributed by atoms with Gasteiger partial charge >= 0.3 is 0 Å². The molecule has 3 nitrogen and oxygen atoms in total. The first-order chi connectivity index (χ1) is 13.0. The molecule has 0 unspecified atom stereocenters. The minimum absolute atomic E-state index is 0.112. The number of fused-ring (bicyclic) bond motifs is 1. The second-order valence-electron chi connectivity index (χ2n) is 6.41. The lowest BCUT2D eigenvalue weighted by Crippen LogP contribution is -2.21. The smallest absolute Gasteiger partial charge is 0.250 e. The minimum atomic E-state index is -0.112. The Labute approximate surface area is 172 Å². The molecule has 0 saturated carbocycles. The van der Waals surface area contributed by atoms with Gasteiger partial charge in [-0.3, -0.25) is 4.79 Å². The Morgan fingerprint density at radius 2 is 1.81 bits per heavy atom. The number of rotatable bonds is 5. The molecule has 0 saturated heterocycles. The van der Waals surface area contributed by atoms with Gasteiger partial charge in [0.05, 0.1) is 11.5 Å². The van der Waals surface area contributed by atoms with Gasteiger partial charge in [-0.15, -0.1) is 11.8 Å². The summed E-state index contributed by atoms with van der Waals surface area (Å²) in [6, 6.07) is 18.5. The van der Waals surface area contributed by atoms with Crippen LogP contribution < -0.4 is 5.43 Å². The number of thioether (sulfide) groups is 1. The number of benzene rings is 3. The van der Waals surface area contributed by atoms with Crippen molar-refractivity contribution in [3.8, 4) is 0 Å². The molecule has 0 aromatic heterocycles. The molecule has 0 spiro atoms. The third-order valence-corrected chi connectivity index (χ3v) is 6.35. The van der Waals surface area contributed by atoms with Crippen molar-refractivity contribution >= 4 is 50.1 Å². The molecular weight excluding hydrogens is 420 g/mol. The molecule has 5 heteroatoms. The number of hydrogen-bond donors (Lipinski definition) is 1. The van der Waals surface area contributed by atoms with E-state index in [9.17, 15) is 4.79 Å². The van der Waals surface area contributed by atoms with E-state index >= 15 is 0 Å². The maximum absolute atomic E-state index is 12.2. The van der Waals surface area contributed by atoms with Crippen LogP contribution >= 0.6 is 27.7 Å². The van der Waals surface area contributed by atoms with E-state index in [2.05, 4.69) is 56.8 Å². The van der Waals surface area contributed by atoms with Gasteiger partial charge in [-0.05, 0) is 54.8 Å². The van der Waals surface area contributed by atoms with E-state index < -0.39 is 0 Å². The van der Waals surface area contributed by atoms with Gasteiger partial charge in [-0.25, -0.2) is 5.43 Å². The maximum Gasteiger partial charge on any atom is 0.250 e. The summed E-state index contributed by atoms with van der Waals surface area (Å²) in [6.07, 6.45) is 0. The molecule has 0 aliphatic carbocycles. The Bertz CT molecular complexity index is 1020. The van der Waals surface area contributed by atoms with Crippen molar-refractivity contribution in [3.63, 3.8) is 0 Å². The topological polar surface area (TPSA) is 41.5 Å². The molecule has 0 aliphatic heterocycles. The summed E-state index contributed by atoms with van der Waals surface area (Å²) in [6.45, 7) is 6.01. The van der Waals surface area contributed by atoms with Gasteiger partial charge in [0.2, 0.25) is 5.91 Å². The van der Waals surface area contributed by atoms with Crippen LogP contribution in [-0.2, 0) is 4.79 Å². The van der Waals surface area contributed by atoms with E-state index in [0.717, 1.165) is 42.5 Å². The number of aryl methyl sites for hydroxylation is 2. The number of nitrogens with one attached hydrogen (secondary N) is 1. The fourth-order valence-corrected chi connectivity index (χ4v) is 4.19. The molecular formula is C22H21BrN2OS. The average Bonchev–Trinajstić information content (AvgIpc) is 2.67. The molecule has 0 bridgehead atoms. The SMILES string of the molecule is C/C(=N\NC(=O)CSc1cc(C)c(Br)cc1C)c1cccc2ccccc12. The van der Waals surface area contributed by atoms with Gasteiger partial charge in [-0.2, -0.15) is 5.10 Å². The Morgan fingerprint density at radius 3 is 2.63 bits per heavy atom. The first-order valence-electron chi connectivity index (χ1n) is 8.66. The number of hydrogen-bond acceptors (Lipinski definition) is 3. The van der Waals surface area contributed by atoms with Gasteiger partial charge in [0.15, 0.2) is 0 Å². The highest BCUT2D eigenvalue weighted by atomic mass is 79.9. The summed E-state index contributed by atoms with van der Waals surface area (Å²) in [4.78, 5) is 13.3. The highest BCUT2D eigenvalue weighted by Crippen LogP contribution is 2.28. The Morgan fingerprint density at radius 1 is 1.07 bits per heavy atom. The molecule has 138 valence electrons. The normalized spacial score (nSPS) is 11.6. The van der Waals surface area contributed by atoms with E-state index in [4.69, 9.17) is 0 Å². The summed E-state index contributed by atoms with van der Waals surface area (Å²) >= 11 is 5.06. The van der Waals surface area contributed by atoms with E-state index in [-0.39, 0.29) is 5.91 Å². The lowest BCUT2D eigenvalue weighted by Gasteiger charge is -2.09. The number of nitrogens with zero attached hydrogens (tertiary/aromatic N) is 1. The van der Waals surface area contributed by atoms with Crippen molar-refractivity contribution < 1.29 is 4.79 Å². The molecule has 1 amide bonds. The largest absolute Gasteiger partial charge is 0.272 e. The summed E-state index contributed by atoms with van der Waals surface area (Å²) in [5, 5.41) is 6.60. The van der Waals surface area contributed by atoms with E-state index in [1.54, 1.807) is 0 Å². The third kappa shape index (κ3) is 4.79. The second-order valence-corrected chi connectivity index (χ2v) is 8.29.